The zero-order valence-electron chi connectivity index (χ0n) is 10.8. The number of rotatable bonds is 3. The van der Waals surface area contributed by atoms with Crippen molar-refractivity contribution in [1.29, 1.82) is 0 Å². The molecule has 0 radical (unpaired) electrons. The van der Waals surface area contributed by atoms with Gasteiger partial charge in [0.1, 0.15) is 11.5 Å². The van der Waals surface area contributed by atoms with E-state index in [1.54, 1.807) is 13.0 Å². The number of hydrogen-bond donors (Lipinski definition) is 2. The number of nitrogens with one attached hydrogen (secondary N) is 1. The third-order valence-electron chi connectivity index (χ3n) is 2.63. The molecule has 7 nitrogen and oxygen atoms in total. The Morgan fingerprint density at radius 2 is 2.05 bits per heavy atom. The maximum Gasteiger partial charge on any atom is 0.332 e. The van der Waals surface area contributed by atoms with E-state index in [0.717, 1.165) is 5.56 Å². The molecule has 0 amide bonds. The van der Waals surface area contributed by atoms with Gasteiger partial charge < -0.3 is 11.1 Å². The molecule has 8 heteroatoms. The average molecular weight is 277 g/mol. The van der Waals surface area contributed by atoms with Crippen molar-refractivity contribution in [3.63, 3.8) is 0 Å². The van der Waals surface area contributed by atoms with E-state index in [4.69, 9.17) is 5.73 Å². The Morgan fingerprint density at radius 3 is 2.70 bits per heavy atom. The van der Waals surface area contributed by atoms with Gasteiger partial charge in [-0.25, -0.2) is 9.37 Å². The summed E-state index contributed by atoms with van der Waals surface area (Å²) in [5.74, 6) is -0.798. The van der Waals surface area contributed by atoms with Crippen molar-refractivity contribution in [2.24, 2.45) is 0 Å². The number of anilines is 3. The number of benzene rings is 1. The number of nitrogens with zero attached hydrogens (tertiary/aromatic N) is 3. The van der Waals surface area contributed by atoms with E-state index >= 15 is 0 Å². The lowest BCUT2D eigenvalue weighted by atomic mass is 10.2. The Labute approximate surface area is 113 Å². The predicted octanol–water partition coefficient (Wildman–Crippen LogP) is 2.47. The van der Waals surface area contributed by atoms with Crippen molar-refractivity contribution >= 4 is 23.1 Å². The minimum Gasteiger partial charge on any atom is -0.368 e. The first-order valence-electron chi connectivity index (χ1n) is 5.70. The van der Waals surface area contributed by atoms with Gasteiger partial charge in [0, 0.05) is 0 Å². The van der Waals surface area contributed by atoms with Crippen LogP contribution in [0.3, 0.4) is 0 Å². The van der Waals surface area contributed by atoms with Gasteiger partial charge in [-0.3, -0.25) is 10.1 Å². The minimum atomic E-state index is -0.634. The lowest BCUT2D eigenvalue weighted by molar-refractivity contribution is -0.385. The third kappa shape index (κ3) is 2.63. The molecule has 3 N–H and O–H groups in total. The van der Waals surface area contributed by atoms with Crippen molar-refractivity contribution in [3.05, 3.63) is 45.4 Å². The summed E-state index contributed by atoms with van der Waals surface area (Å²) in [5.41, 5.74) is 6.14. The maximum atomic E-state index is 13.7. The number of nitrogens with two attached hydrogens (primary N) is 1. The van der Waals surface area contributed by atoms with Crippen LogP contribution in [-0.2, 0) is 0 Å². The standard InChI is InChI=1S/C12H12FN5O2/c1-6-3-4-8(13)9(5-6)16-11-10(18(19)20)7(2)15-12(14)17-11/h3-5H,1-2H3,(H3,14,15,16,17). The fourth-order valence-electron chi connectivity index (χ4n) is 1.76. The molecule has 1 heterocycles. The van der Waals surface area contributed by atoms with Crippen molar-refractivity contribution in [2.75, 3.05) is 11.1 Å². The molecule has 2 rings (SSSR count). The fourth-order valence-corrected chi connectivity index (χ4v) is 1.76. The van der Waals surface area contributed by atoms with Crippen molar-refractivity contribution in [3.8, 4) is 0 Å². The summed E-state index contributed by atoms with van der Waals surface area (Å²) in [4.78, 5) is 17.9. The number of halogens is 1. The number of aryl methyl sites for hydroxylation is 2. The molecule has 0 fully saturated rings. The van der Waals surface area contributed by atoms with E-state index in [1.807, 2.05) is 0 Å². The zero-order chi connectivity index (χ0) is 14.9. The highest BCUT2D eigenvalue weighted by Crippen LogP contribution is 2.29. The zero-order valence-corrected chi connectivity index (χ0v) is 10.8. The molecule has 0 spiro atoms. The predicted molar refractivity (Wildman–Crippen MR) is 72.3 cm³/mol. The van der Waals surface area contributed by atoms with Crippen LogP contribution < -0.4 is 11.1 Å². The van der Waals surface area contributed by atoms with Crippen molar-refractivity contribution in [2.45, 2.75) is 13.8 Å². The van der Waals surface area contributed by atoms with E-state index in [9.17, 15) is 14.5 Å². The first-order valence-corrected chi connectivity index (χ1v) is 5.70. The third-order valence-corrected chi connectivity index (χ3v) is 2.63. The SMILES string of the molecule is Cc1ccc(F)c(Nc2nc(N)nc(C)c2[N+](=O)[O-])c1. The smallest absolute Gasteiger partial charge is 0.332 e. The minimum absolute atomic E-state index is 0.0885. The van der Waals surface area contributed by atoms with Crippen LogP contribution in [0.1, 0.15) is 11.3 Å². The monoisotopic (exact) mass is 277 g/mol. The summed E-state index contributed by atoms with van der Waals surface area (Å²) in [6.45, 7) is 3.21. The van der Waals surface area contributed by atoms with Crippen LogP contribution >= 0.6 is 0 Å². The summed E-state index contributed by atoms with van der Waals surface area (Å²) in [5, 5.41) is 13.6. The van der Waals surface area contributed by atoms with Gasteiger partial charge in [-0.2, -0.15) is 4.98 Å². The fraction of sp³-hybridized carbons (Fsp3) is 0.167. The first kappa shape index (κ1) is 13.7. The molecule has 1 aromatic carbocycles. The van der Waals surface area contributed by atoms with E-state index in [1.165, 1.54) is 19.1 Å². The molecule has 0 unspecified atom stereocenters. The largest absolute Gasteiger partial charge is 0.368 e. The second-order valence-electron chi connectivity index (χ2n) is 4.23. The Morgan fingerprint density at radius 1 is 1.35 bits per heavy atom. The van der Waals surface area contributed by atoms with Gasteiger partial charge in [0.05, 0.1) is 10.6 Å². The van der Waals surface area contributed by atoms with Gasteiger partial charge in [0.25, 0.3) is 0 Å². The molecule has 0 saturated carbocycles. The summed E-state index contributed by atoms with van der Waals surface area (Å²) >= 11 is 0. The average Bonchev–Trinajstić information content (AvgIpc) is 2.32. The topological polar surface area (TPSA) is 107 Å². The Kier molecular flexibility index (Phi) is 3.47. The van der Waals surface area contributed by atoms with Gasteiger partial charge in [0.15, 0.2) is 0 Å². The van der Waals surface area contributed by atoms with E-state index in [2.05, 4.69) is 15.3 Å². The molecule has 0 aliphatic rings. The molecular formula is C12H12FN5O2. The molecule has 104 valence electrons. The highest BCUT2D eigenvalue weighted by Gasteiger charge is 2.22. The van der Waals surface area contributed by atoms with Crippen molar-refractivity contribution in [1.82, 2.24) is 9.97 Å². The first-order chi connectivity index (χ1) is 9.38. The van der Waals surface area contributed by atoms with Crippen LogP contribution in [0.5, 0.6) is 0 Å². The van der Waals surface area contributed by atoms with Crippen LogP contribution in [0.25, 0.3) is 0 Å². The van der Waals surface area contributed by atoms with Crippen LogP contribution in [0.4, 0.5) is 27.5 Å². The van der Waals surface area contributed by atoms with Gasteiger partial charge in [-0.15, -0.1) is 0 Å². The van der Waals surface area contributed by atoms with E-state index in [0.29, 0.717) is 0 Å². The van der Waals surface area contributed by atoms with E-state index < -0.39 is 10.7 Å². The summed E-state index contributed by atoms with van der Waals surface area (Å²) in [6.07, 6.45) is 0. The highest BCUT2D eigenvalue weighted by molar-refractivity contribution is 5.68. The molecule has 20 heavy (non-hydrogen) atoms. The summed E-state index contributed by atoms with van der Waals surface area (Å²) in [7, 11) is 0. The molecule has 0 saturated heterocycles. The normalized spacial score (nSPS) is 10.3. The van der Waals surface area contributed by atoms with Crippen LogP contribution in [-0.4, -0.2) is 14.9 Å². The molecule has 0 atom stereocenters. The summed E-state index contributed by atoms with van der Waals surface area (Å²) < 4.78 is 13.7. The Hall–Kier alpha value is -2.77. The molecule has 0 aliphatic carbocycles. The number of nitro groups is 1. The maximum absolute atomic E-state index is 13.7. The van der Waals surface area contributed by atoms with Gasteiger partial charge in [-0.05, 0) is 31.5 Å². The van der Waals surface area contributed by atoms with Crippen LogP contribution in [0, 0.1) is 29.8 Å². The second-order valence-corrected chi connectivity index (χ2v) is 4.23. The summed E-state index contributed by atoms with van der Waals surface area (Å²) in [6, 6.07) is 4.38. The van der Waals surface area contributed by atoms with Crippen LogP contribution in [0.15, 0.2) is 18.2 Å². The van der Waals surface area contributed by atoms with E-state index in [-0.39, 0.29) is 28.8 Å². The number of nitrogen functional groups attached to an aromatic ring is 1. The Bertz CT molecular complexity index is 690. The molecule has 0 bridgehead atoms. The van der Waals surface area contributed by atoms with Gasteiger partial charge >= 0.3 is 5.69 Å². The quantitative estimate of drug-likeness (QED) is 0.659. The molecule has 2 aromatic rings. The lowest BCUT2D eigenvalue weighted by Gasteiger charge is -2.09. The van der Waals surface area contributed by atoms with Crippen LogP contribution in [0.2, 0.25) is 0 Å². The second kappa shape index (κ2) is 5.08. The molecule has 0 aliphatic heterocycles. The van der Waals surface area contributed by atoms with Gasteiger partial charge in [-0.1, -0.05) is 6.07 Å². The van der Waals surface area contributed by atoms with Crippen molar-refractivity contribution < 1.29 is 9.31 Å². The highest BCUT2D eigenvalue weighted by atomic mass is 19.1. The molecular weight excluding hydrogens is 265 g/mol. The number of hydrogen-bond acceptors (Lipinski definition) is 6. The number of aromatic nitrogens is 2. The lowest BCUT2D eigenvalue weighted by Crippen LogP contribution is -2.07. The Balaban J connectivity index is 2.53. The molecule has 1 aromatic heterocycles. The van der Waals surface area contributed by atoms with Gasteiger partial charge in [0.2, 0.25) is 11.8 Å².